The summed E-state index contributed by atoms with van der Waals surface area (Å²) in [5, 5.41) is 87.7. The van der Waals surface area contributed by atoms with Crippen molar-refractivity contribution in [2.24, 2.45) is 0 Å². The Hall–Kier alpha value is -3.61. The third kappa shape index (κ3) is 54.1. The number of unbranched alkanes of at least 4 members (excludes halogenated alkanes) is 40. The zero-order valence-corrected chi connectivity index (χ0v) is 66.0. The molecule has 0 aliphatic carbocycles. The molecule has 2 aliphatic rings. The first-order chi connectivity index (χ1) is 51.1. The molecule has 600 valence electrons. The van der Waals surface area contributed by atoms with Gasteiger partial charge in [0.1, 0.15) is 48.8 Å². The van der Waals surface area contributed by atoms with E-state index in [1.165, 1.54) is 225 Å². The van der Waals surface area contributed by atoms with Crippen molar-refractivity contribution >= 4 is 5.91 Å². The molecule has 2 heterocycles. The molecular weight excluding hydrogens is 1300 g/mol. The number of amides is 1. The molecule has 104 heavy (non-hydrogen) atoms. The molecule has 0 spiro atoms. The number of carbonyl (C=O) groups excluding carboxylic acids is 1. The van der Waals surface area contributed by atoms with Crippen molar-refractivity contribution in [1.82, 2.24) is 5.32 Å². The Morgan fingerprint density at radius 1 is 0.356 bits per heavy atom. The van der Waals surface area contributed by atoms with Crippen molar-refractivity contribution in [2.45, 2.75) is 421 Å². The number of nitrogens with one attached hydrogen (secondary N) is 1. The number of aliphatic hydroxyl groups excluding tert-OH is 8. The van der Waals surface area contributed by atoms with Crippen LogP contribution in [0, 0.1) is 0 Å². The molecule has 2 saturated heterocycles. The van der Waals surface area contributed by atoms with E-state index >= 15 is 0 Å². The number of allylic oxidation sites excluding steroid dienone is 19. The van der Waals surface area contributed by atoms with Gasteiger partial charge in [0.15, 0.2) is 12.6 Å². The Balaban J connectivity index is 1.60. The Labute approximate surface area is 635 Å². The van der Waals surface area contributed by atoms with Crippen LogP contribution in [0.3, 0.4) is 0 Å². The minimum Gasteiger partial charge on any atom is -0.394 e. The van der Waals surface area contributed by atoms with Crippen LogP contribution in [0.15, 0.2) is 122 Å². The Bertz CT molecular complexity index is 2220. The molecule has 2 aliphatic heterocycles. The molecule has 0 radical (unpaired) electrons. The van der Waals surface area contributed by atoms with Crippen molar-refractivity contribution in [3.8, 4) is 0 Å². The predicted molar refractivity (Wildman–Crippen MR) is 433 cm³/mol. The van der Waals surface area contributed by atoms with Gasteiger partial charge in [-0.2, -0.15) is 0 Å². The molecule has 12 unspecified atom stereocenters. The highest BCUT2D eigenvalue weighted by Crippen LogP contribution is 2.30. The summed E-state index contributed by atoms with van der Waals surface area (Å²) in [5.41, 5.74) is 0. The second kappa shape index (κ2) is 72.3. The van der Waals surface area contributed by atoms with Crippen LogP contribution in [0.2, 0.25) is 0 Å². The highest BCUT2D eigenvalue weighted by atomic mass is 16.7. The zero-order valence-electron chi connectivity index (χ0n) is 66.0. The van der Waals surface area contributed by atoms with E-state index in [1.807, 2.05) is 6.08 Å². The first-order valence-corrected chi connectivity index (χ1v) is 42.8. The van der Waals surface area contributed by atoms with Gasteiger partial charge in [-0.25, -0.2) is 0 Å². The summed E-state index contributed by atoms with van der Waals surface area (Å²) in [5.74, 6) is -0.251. The minimum atomic E-state index is -1.80. The third-order valence-corrected chi connectivity index (χ3v) is 20.1. The van der Waals surface area contributed by atoms with Crippen LogP contribution in [0.1, 0.15) is 348 Å². The summed E-state index contributed by atoms with van der Waals surface area (Å²) in [6.07, 6.45) is 90.1. The maximum atomic E-state index is 13.4. The van der Waals surface area contributed by atoms with Crippen LogP contribution in [0.5, 0.6) is 0 Å². The van der Waals surface area contributed by atoms with E-state index in [-0.39, 0.29) is 18.9 Å². The SMILES string of the molecule is CC/C=C\C/C=C\C/C=C\C/C=C\C/C=C\C/C=C\C/C=C\CCCCCCCCCCCCCCCCCCCCCC(=O)NC(COC1OC(CO)C(OC2OC(CO)C(O)C(O)C2O)C(O)C1O)C(O)/C=C/CC/C=C/CC/C=C/CCCCCCCCCCCCCCCCCCCCC. The van der Waals surface area contributed by atoms with Gasteiger partial charge >= 0.3 is 0 Å². The standard InChI is InChI=1S/C90H157NO13/c1-3-5-7-9-11-13-15-17-19-21-23-25-27-29-31-33-34-35-36-37-38-39-40-41-42-43-44-46-48-50-52-54-56-58-60-62-64-66-68-70-72-74-82(95)91-78(77-101-89-87(100)85(98)88(81(76-93)103-89)104-90-86(99)84(97)83(96)80(75-92)102-90)79(94)73-71-69-67-65-63-61-59-57-55-53-51-49-47-45-32-30-28-26-24-22-20-18-16-14-12-10-8-6-4-2/h5,7,11,13,17,19,23,25,29,31,34-35,37-38,55,57,63,65,71,73,78-81,83-90,92-94,96-100H,3-4,6,8-10,12,14-16,18,20-22,24,26-28,30,32-33,36,39-54,56,58-62,64,66-70,72,74-77H2,1-2H3,(H,91,95)/b7-5-,13-11-,19-17-,25-23-,31-29-,35-34-,38-37-,57-55+,65-63+,73-71+. The summed E-state index contributed by atoms with van der Waals surface area (Å²) in [6.45, 7) is 2.70. The van der Waals surface area contributed by atoms with Crippen molar-refractivity contribution < 1.29 is 64.6 Å². The summed E-state index contributed by atoms with van der Waals surface area (Å²) in [4.78, 5) is 13.4. The van der Waals surface area contributed by atoms with Crippen LogP contribution in [0.4, 0.5) is 0 Å². The second-order valence-corrected chi connectivity index (χ2v) is 29.6. The molecule has 0 bridgehead atoms. The Kier molecular flexibility index (Phi) is 67.0. The molecule has 1 amide bonds. The number of carbonyl (C=O) groups is 1. The molecule has 2 rings (SSSR count). The quantitative estimate of drug-likeness (QED) is 0.0204. The molecule has 14 heteroatoms. The Morgan fingerprint density at radius 3 is 1.06 bits per heavy atom. The van der Waals surface area contributed by atoms with E-state index in [4.69, 9.17) is 18.9 Å². The molecule has 9 N–H and O–H groups in total. The smallest absolute Gasteiger partial charge is 0.220 e. The van der Waals surface area contributed by atoms with E-state index < -0.39 is 86.8 Å². The van der Waals surface area contributed by atoms with Gasteiger partial charge in [0, 0.05) is 6.42 Å². The van der Waals surface area contributed by atoms with Crippen LogP contribution in [0.25, 0.3) is 0 Å². The van der Waals surface area contributed by atoms with E-state index in [0.717, 1.165) is 89.9 Å². The van der Waals surface area contributed by atoms with Gasteiger partial charge < -0.3 is 65.1 Å². The largest absolute Gasteiger partial charge is 0.394 e. The average Bonchev–Trinajstić information content (AvgIpc) is 0.789. The highest BCUT2D eigenvalue weighted by molar-refractivity contribution is 5.76. The lowest BCUT2D eigenvalue weighted by atomic mass is 9.97. The number of aliphatic hydroxyl groups is 8. The fraction of sp³-hybridized carbons (Fsp3) is 0.767. The third-order valence-electron chi connectivity index (χ3n) is 20.1. The summed E-state index contributed by atoms with van der Waals surface area (Å²) in [7, 11) is 0. The highest BCUT2D eigenvalue weighted by Gasteiger charge is 2.51. The monoisotopic (exact) mass is 1460 g/mol. The first-order valence-electron chi connectivity index (χ1n) is 42.8. The normalized spacial score (nSPS) is 22.1. The molecule has 12 atom stereocenters. The van der Waals surface area contributed by atoms with Crippen LogP contribution in [-0.2, 0) is 23.7 Å². The molecule has 2 fully saturated rings. The van der Waals surface area contributed by atoms with Gasteiger partial charge in [-0.1, -0.05) is 360 Å². The van der Waals surface area contributed by atoms with Gasteiger partial charge in [0.05, 0.1) is 32.0 Å². The first kappa shape index (κ1) is 96.5. The van der Waals surface area contributed by atoms with Crippen LogP contribution in [-0.4, -0.2) is 140 Å². The summed E-state index contributed by atoms with van der Waals surface area (Å²) in [6, 6.07) is -0.945. The van der Waals surface area contributed by atoms with Crippen LogP contribution >= 0.6 is 0 Å². The van der Waals surface area contributed by atoms with Crippen molar-refractivity contribution in [1.29, 1.82) is 0 Å². The van der Waals surface area contributed by atoms with E-state index in [0.29, 0.717) is 12.8 Å². The van der Waals surface area contributed by atoms with Gasteiger partial charge in [-0.3, -0.25) is 4.79 Å². The second-order valence-electron chi connectivity index (χ2n) is 29.6. The van der Waals surface area contributed by atoms with E-state index in [1.54, 1.807) is 6.08 Å². The Morgan fingerprint density at radius 2 is 0.673 bits per heavy atom. The van der Waals surface area contributed by atoms with Crippen LogP contribution < -0.4 is 5.32 Å². The lowest BCUT2D eigenvalue weighted by Gasteiger charge is -2.46. The number of ether oxygens (including phenoxy) is 4. The number of hydrogen-bond acceptors (Lipinski definition) is 13. The molecule has 0 saturated carbocycles. The van der Waals surface area contributed by atoms with Crippen molar-refractivity contribution in [3.63, 3.8) is 0 Å². The predicted octanol–water partition coefficient (Wildman–Crippen LogP) is 20.4. The minimum absolute atomic E-state index is 0.251. The van der Waals surface area contributed by atoms with Gasteiger partial charge in [-0.05, 0) is 103 Å². The molecule has 0 aromatic carbocycles. The summed E-state index contributed by atoms with van der Waals surface area (Å²) >= 11 is 0. The van der Waals surface area contributed by atoms with Crippen molar-refractivity contribution in [3.05, 3.63) is 122 Å². The lowest BCUT2D eigenvalue weighted by Crippen LogP contribution is -2.65. The molecular formula is C90H157NO13. The molecule has 0 aromatic rings. The topological polar surface area (TPSA) is 228 Å². The maximum absolute atomic E-state index is 13.4. The van der Waals surface area contributed by atoms with Gasteiger partial charge in [-0.15, -0.1) is 0 Å². The fourth-order valence-electron chi connectivity index (χ4n) is 13.4. The average molecular weight is 1460 g/mol. The number of rotatable bonds is 71. The summed E-state index contributed by atoms with van der Waals surface area (Å²) < 4.78 is 22.9. The lowest BCUT2D eigenvalue weighted by molar-refractivity contribution is -0.359. The van der Waals surface area contributed by atoms with Gasteiger partial charge in [0.2, 0.25) is 5.91 Å². The number of hydrogen-bond donors (Lipinski definition) is 9. The molecule has 0 aromatic heterocycles. The van der Waals surface area contributed by atoms with E-state index in [9.17, 15) is 45.6 Å². The fourth-order valence-corrected chi connectivity index (χ4v) is 13.4. The molecule has 14 nitrogen and oxygen atoms in total. The zero-order chi connectivity index (χ0) is 75.1. The maximum Gasteiger partial charge on any atom is 0.220 e. The van der Waals surface area contributed by atoms with E-state index in [2.05, 4.69) is 129 Å². The van der Waals surface area contributed by atoms with Crippen molar-refractivity contribution in [2.75, 3.05) is 19.8 Å². The van der Waals surface area contributed by atoms with Gasteiger partial charge in [0.25, 0.3) is 0 Å².